The predicted octanol–water partition coefficient (Wildman–Crippen LogP) is 2.80. The molecule has 0 amide bonds. The highest BCUT2D eigenvalue weighted by Crippen LogP contribution is 2.22. The van der Waals surface area contributed by atoms with Gasteiger partial charge in [-0.15, -0.1) is 11.8 Å². The summed E-state index contributed by atoms with van der Waals surface area (Å²) in [6.07, 6.45) is 2.74. The van der Waals surface area contributed by atoms with Crippen LogP contribution >= 0.6 is 11.8 Å². The van der Waals surface area contributed by atoms with Crippen LogP contribution in [0.3, 0.4) is 0 Å². The van der Waals surface area contributed by atoms with Gasteiger partial charge in [-0.1, -0.05) is 17.7 Å². The molecule has 13 heavy (non-hydrogen) atoms. The fraction of sp³-hybridized carbons (Fsp3) is 0.455. The molecule has 1 aliphatic carbocycles. The molecule has 0 bridgehead atoms. The molecule has 1 aromatic rings. The number of nitrogens with one attached hydrogen (secondary N) is 1. The van der Waals surface area contributed by atoms with Gasteiger partial charge in [0, 0.05) is 16.8 Å². The van der Waals surface area contributed by atoms with Crippen LogP contribution in [0.1, 0.15) is 18.4 Å². The summed E-state index contributed by atoms with van der Waals surface area (Å²) in [7, 11) is 0. The van der Waals surface area contributed by atoms with Gasteiger partial charge in [0.1, 0.15) is 0 Å². The maximum absolute atomic E-state index is 3.49. The molecule has 2 rings (SSSR count). The van der Waals surface area contributed by atoms with E-state index < -0.39 is 0 Å². The van der Waals surface area contributed by atoms with Gasteiger partial charge in [-0.05, 0) is 31.9 Å². The molecule has 0 atom stereocenters. The van der Waals surface area contributed by atoms with Crippen LogP contribution in [0.15, 0.2) is 29.2 Å². The van der Waals surface area contributed by atoms with E-state index in [2.05, 4.69) is 36.5 Å². The van der Waals surface area contributed by atoms with E-state index in [0.29, 0.717) is 0 Å². The molecule has 70 valence electrons. The second-order valence-electron chi connectivity index (χ2n) is 3.58. The SMILES string of the molecule is Cc1cccc(SCNC2CC2)c1. The number of hydrogen-bond donors (Lipinski definition) is 1. The maximum Gasteiger partial charge on any atom is 0.0467 e. The van der Waals surface area contributed by atoms with Crippen LogP contribution in [0, 0.1) is 6.92 Å². The van der Waals surface area contributed by atoms with Crippen LogP contribution in [-0.2, 0) is 0 Å². The summed E-state index contributed by atoms with van der Waals surface area (Å²) in [5.41, 5.74) is 1.34. The van der Waals surface area contributed by atoms with Crippen LogP contribution in [-0.4, -0.2) is 11.9 Å². The lowest BCUT2D eigenvalue weighted by atomic mass is 10.2. The summed E-state index contributed by atoms with van der Waals surface area (Å²) in [6, 6.07) is 9.48. The van der Waals surface area contributed by atoms with Crippen molar-refractivity contribution >= 4 is 11.8 Å². The number of hydrogen-bond acceptors (Lipinski definition) is 2. The Morgan fingerprint density at radius 1 is 1.46 bits per heavy atom. The van der Waals surface area contributed by atoms with Gasteiger partial charge in [-0.3, -0.25) is 0 Å². The number of aryl methyl sites for hydroxylation is 1. The third-order valence-electron chi connectivity index (χ3n) is 2.18. The third kappa shape index (κ3) is 3.05. The Hall–Kier alpha value is -0.470. The average Bonchev–Trinajstić information content (AvgIpc) is 2.88. The first-order valence-electron chi connectivity index (χ1n) is 4.77. The van der Waals surface area contributed by atoms with Gasteiger partial charge < -0.3 is 5.32 Å². The molecule has 1 aromatic carbocycles. The van der Waals surface area contributed by atoms with Gasteiger partial charge in [0.2, 0.25) is 0 Å². The van der Waals surface area contributed by atoms with E-state index in [0.717, 1.165) is 11.9 Å². The fourth-order valence-electron chi connectivity index (χ4n) is 1.24. The minimum Gasteiger partial charge on any atom is -0.305 e. The smallest absolute Gasteiger partial charge is 0.0467 e. The molecule has 0 unspecified atom stereocenters. The van der Waals surface area contributed by atoms with E-state index in [1.165, 1.54) is 23.3 Å². The maximum atomic E-state index is 3.49. The van der Waals surface area contributed by atoms with E-state index in [1.807, 2.05) is 11.8 Å². The predicted molar refractivity (Wildman–Crippen MR) is 58.1 cm³/mol. The van der Waals surface area contributed by atoms with Crippen LogP contribution in [0.5, 0.6) is 0 Å². The molecule has 0 radical (unpaired) electrons. The van der Waals surface area contributed by atoms with Crippen LogP contribution in [0.25, 0.3) is 0 Å². The van der Waals surface area contributed by atoms with E-state index >= 15 is 0 Å². The van der Waals surface area contributed by atoms with Crippen molar-refractivity contribution < 1.29 is 0 Å². The molecule has 1 N–H and O–H groups in total. The monoisotopic (exact) mass is 193 g/mol. The Balaban J connectivity index is 1.79. The Morgan fingerprint density at radius 3 is 3.00 bits per heavy atom. The molecule has 0 spiro atoms. The van der Waals surface area contributed by atoms with E-state index in [1.54, 1.807) is 0 Å². The molecular formula is C11H15NS. The largest absolute Gasteiger partial charge is 0.305 e. The third-order valence-corrected chi connectivity index (χ3v) is 3.08. The lowest BCUT2D eigenvalue weighted by Crippen LogP contribution is -2.14. The zero-order chi connectivity index (χ0) is 9.10. The zero-order valence-electron chi connectivity index (χ0n) is 7.92. The molecule has 2 heteroatoms. The lowest BCUT2D eigenvalue weighted by molar-refractivity contribution is 0.789. The van der Waals surface area contributed by atoms with Gasteiger partial charge in [-0.2, -0.15) is 0 Å². The van der Waals surface area contributed by atoms with Crippen molar-refractivity contribution in [1.29, 1.82) is 0 Å². The van der Waals surface area contributed by atoms with Crippen LogP contribution < -0.4 is 5.32 Å². The summed E-state index contributed by atoms with van der Waals surface area (Å²) in [5, 5.41) is 3.49. The summed E-state index contributed by atoms with van der Waals surface area (Å²) in [5.74, 6) is 1.05. The molecule has 0 saturated heterocycles. The number of benzene rings is 1. The number of thioether (sulfide) groups is 1. The fourth-order valence-corrected chi connectivity index (χ4v) is 2.17. The average molecular weight is 193 g/mol. The van der Waals surface area contributed by atoms with Crippen molar-refractivity contribution in [2.24, 2.45) is 0 Å². The van der Waals surface area contributed by atoms with Gasteiger partial charge in [0.25, 0.3) is 0 Å². The van der Waals surface area contributed by atoms with Crippen molar-refractivity contribution in [2.75, 3.05) is 5.88 Å². The van der Waals surface area contributed by atoms with E-state index in [4.69, 9.17) is 0 Å². The second-order valence-corrected chi connectivity index (χ2v) is 4.63. The van der Waals surface area contributed by atoms with Gasteiger partial charge in [0.05, 0.1) is 0 Å². The van der Waals surface area contributed by atoms with Gasteiger partial charge >= 0.3 is 0 Å². The molecule has 0 heterocycles. The molecule has 0 aliphatic heterocycles. The Kier molecular flexibility index (Phi) is 2.91. The first-order chi connectivity index (χ1) is 6.34. The normalized spacial score (nSPS) is 16.1. The first-order valence-corrected chi connectivity index (χ1v) is 5.76. The van der Waals surface area contributed by atoms with E-state index in [-0.39, 0.29) is 0 Å². The van der Waals surface area contributed by atoms with Crippen LogP contribution in [0.4, 0.5) is 0 Å². The lowest BCUT2D eigenvalue weighted by Gasteiger charge is -2.03. The Morgan fingerprint density at radius 2 is 2.31 bits per heavy atom. The van der Waals surface area contributed by atoms with Crippen LogP contribution in [0.2, 0.25) is 0 Å². The highest BCUT2D eigenvalue weighted by atomic mass is 32.2. The van der Waals surface area contributed by atoms with Crippen molar-refractivity contribution in [3.8, 4) is 0 Å². The molecular weight excluding hydrogens is 178 g/mol. The van der Waals surface area contributed by atoms with Gasteiger partial charge in [-0.25, -0.2) is 0 Å². The zero-order valence-corrected chi connectivity index (χ0v) is 8.73. The van der Waals surface area contributed by atoms with Crippen molar-refractivity contribution in [3.05, 3.63) is 29.8 Å². The second kappa shape index (κ2) is 4.16. The molecule has 1 nitrogen and oxygen atoms in total. The molecule has 1 fully saturated rings. The molecule has 1 aliphatic rings. The highest BCUT2D eigenvalue weighted by molar-refractivity contribution is 7.99. The summed E-state index contributed by atoms with van der Waals surface area (Å²) in [6.45, 7) is 2.14. The standard InChI is InChI=1S/C11H15NS/c1-9-3-2-4-11(7-9)13-8-12-10-5-6-10/h2-4,7,10,12H,5-6,8H2,1H3. The quantitative estimate of drug-likeness (QED) is 0.583. The topological polar surface area (TPSA) is 12.0 Å². The summed E-state index contributed by atoms with van der Waals surface area (Å²) >= 11 is 1.89. The first kappa shape index (κ1) is 9.10. The van der Waals surface area contributed by atoms with Gasteiger partial charge in [0.15, 0.2) is 0 Å². The van der Waals surface area contributed by atoms with E-state index in [9.17, 15) is 0 Å². The minimum absolute atomic E-state index is 0.817. The van der Waals surface area contributed by atoms with Crippen molar-refractivity contribution in [3.63, 3.8) is 0 Å². The Bertz CT molecular complexity index is 281. The molecule has 0 aromatic heterocycles. The summed E-state index contributed by atoms with van der Waals surface area (Å²) in [4.78, 5) is 1.37. The highest BCUT2D eigenvalue weighted by Gasteiger charge is 2.19. The number of rotatable bonds is 4. The summed E-state index contributed by atoms with van der Waals surface area (Å²) < 4.78 is 0. The molecule has 1 saturated carbocycles. The van der Waals surface area contributed by atoms with Crippen molar-refractivity contribution in [2.45, 2.75) is 30.7 Å². The van der Waals surface area contributed by atoms with Crippen molar-refractivity contribution in [1.82, 2.24) is 5.32 Å². The Labute approximate surface area is 83.9 Å². The minimum atomic E-state index is 0.817.